The maximum atomic E-state index is 12.9. The Kier molecular flexibility index (Phi) is 7.50. The van der Waals surface area contributed by atoms with Gasteiger partial charge in [0, 0.05) is 18.5 Å². The monoisotopic (exact) mass is 430 g/mol. The minimum Gasteiger partial charge on any atom is -0.493 e. The number of rotatable bonds is 6. The van der Waals surface area contributed by atoms with Crippen LogP contribution in [0.5, 0.6) is 11.5 Å². The molecule has 0 radical (unpaired) electrons. The van der Waals surface area contributed by atoms with Crippen molar-refractivity contribution in [1.82, 2.24) is 10.2 Å². The summed E-state index contributed by atoms with van der Waals surface area (Å²) in [5, 5.41) is 3.13. The van der Waals surface area contributed by atoms with Crippen molar-refractivity contribution in [2.24, 2.45) is 11.3 Å². The number of hydrogen-bond acceptors (Lipinski definition) is 4. The molecule has 31 heavy (non-hydrogen) atoms. The molecule has 1 aliphatic heterocycles. The van der Waals surface area contributed by atoms with Gasteiger partial charge in [-0.05, 0) is 63.1 Å². The molecule has 6 nitrogen and oxygen atoms in total. The van der Waals surface area contributed by atoms with Crippen molar-refractivity contribution < 1.29 is 19.1 Å². The van der Waals surface area contributed by atoms with Gasteiger partial charge in [-0.2, -0.15) is 0 Å². The number of hydrogen-bond donors (Lipinski definition) is 1. The first kappa shape index (κ1) is 23.4. The zero-order valence-corrected chi connectivity index (χ0v) is 19.7. The molecular formula is C25H38N2O4. The number of likely N-dealkylation sites (tertiary alicyclic amines) is 1. The molecule has 1 N–H and O–H groups in total. The minimum atomic E-state index is -0.426. The van der Waals surface area contributed by atoms with E-state index in [0.717, 1.165) is 43.5 Å². The number of nitrogens with zero attached hydrogens (tertiary/aromatic N) is 1. The molecule has 2 aliphatic rings. The summed E-state index contributed by atoms with van der Waals surface area (Å²) >= 11 is 0. The van der Waals surface area contributed by atoms with Crippen LogP contribution in [0.2, 0.25) is 0 Å². The molecule has 1 saturated carbocycles. The van der Waals surface area contributed by atoms with Crippen molar-refractivity contribution in [2.75, 3.05) is 20.2 Å². The fourth-order valence-corrected chi connectivity index (χ4v) is 4.50. The number of carbonyl (C=O) groups excluding carboxylic acids is 2. The van der Waals surface area contributed by atoms with Crippen LogP contribution in [0.1, 0.15) is 77.8 Å². The van der Waals surface area contributed by atoms with Crippen molar-refractivity contribution in [3.63, 3.8) is 0 Å². The molecule has 2 fully saturated rings. The average Bonchev–Trinajstić information content (AvgIpc) is 3.26. The second-order valence-electron chi connectivity index (χ2n) is 10.0. The summed E-state index contributed by atoms with van der Waals surface area (Å²) in [6.07, 6.45) is 6.55. The second kappa shape index (κ2) is 9.92. The highest BCUT2D eigenvalue weighted by atomic mass is 16.5. The molecule has 0 aromatic heterocycles. The smallest absolute Gasteiger partial charge is 0.227 e. The zero-order chi connectivity index (χ0) is 22.6. The molecule has 6 heteroatoms. The third-order valence-corrected chi connectivity index (χ3v) is 6.36. The van der Waals surface area contributed by atoms with Crippen LogP contribution in [-0.2, 0) is 9.59 Å². The molecule has 1 heterocycles. The van der Waals surface area contributed by atoms with Gasteiger partial charge in [0.05, 0.1) is 25.2 Å². The standard InChI is InChI=1S/C25H38N2O4/c1-17(18-12-13-21(22(15-18)30-5)31-20-10-6-7-11-20)26-23(28)19-9-8-14-27(16-19)24(29)25(2,3)4/h12-13,15,17,19-20H,6-11,14,16H2,1-5H3,(H,26,28). The number of methoxy groups -OCH3 is 1. The largest absolute Gasteiger partial charge is 0.493 e. The molecule has 1 saturated heterocycles. The molecule has 0 bridgehead atoms. The van der Waals surface area contributed by atoms with E-state index in [-0.39, 0.29) is 29.9 Å². The van der Waals surface area contributed by atoms with Crippen LogP contribution < -0.4 is 14.8 Å². The third-order valence-electron chi connectivity index (χ3n) is 6.36. The Labute approximate surface area is 186 Å². The number of ether oxygens (including phenoxy) is 2. The topological polar surface area (TPSA) is 67.9 Å². The summed E-state index contributed by atoms with van der Waals surface area (Å²) in [5.74, 6) is 1.41. The van der Waals surface area contributed by atoms with Crippen LogP contribution in [0, 0.1) is 11.3 Å². The van der Waals surface area contributed by atoms with Crippen LogP contribution in [0.15, 0.2) is 18.2 Å². The highest BCUT2D eigenvalue weighted by molar-refractivity contribution is 5.84. The Hall–Kier alpha value is -2.24. The van der Waals surface area contributed by atoms with Crippen LogP contribution >= 0.6 is 0 Å². The van der Waals surface area contributed by atoms with E-state index in [0.29, 0.717) is 12.3 Å². The SMILES string of the molecule is COc1cc(C(C)NC(=O)C2CCCN(C(=O)C(C)(C)C)C2)ccc1OC1CCCC1. The molecule has 1 aromatic rings. The van der Waals surface area contributed by atoms with E-state index in [2.05, 4.69) is 5.32 Å². The quantitative estimate of drug-likeness (QED) is 0.723. The van der Waals surface area contributed by atoms with Gasteiger partial charge in [-0.1, -0.05) is 26.8 Å². The lowest BCUT2D eigenvalue weighted by Gasteiger charge is -2.36. The second-order valence-corrected chi connectivity index (χ2v) is 10.0. The number of amides is 2. The Morgan fingerprint density at radius 1 is 1.10 bits per heavy atom. The van der Waals surface area contributed by atoms with Crippen LogP contribution in [0.3, 0.4) is 0 Å². The first-order chi connectivity index (χ1) is 14.7. The van der Waals surface area contributed by atoms with Gasteiger partial charge < -0.3 is 19.7 Å². The van der Waals surface area contributed by atoms with E-state index in [1.165, 1.54) is 12.8 Å². The summed E-state index contributed by atoms with van der Waals surface area (Å²) in [5.41, 5.74) is 0.548. The lowest BCUT2D eigenvalue weighted by Crippen LogP contribution is -2.49. The lowest BCUT2D eigenvalue weighted by atomic mass is 9.90. The molecule has 3 rings (SSSR count). The first-order valence-electron chi connectivity index (χ1n) is 11.6. The van der Waals surface area contributed by atoms with E-state index in [1.807, 2.05) is 50.8 Å². The van der Waals surface area contributed by atoms with Gasteiger partial charge in [0.25, 0.3) is 0 Å². The van der Waals surface area contributed by atoms with Gasteiger partial charge in [0.2, 0.25) is 11.8 Å². The molecule has 1 aromatic carbocycles. The van der Waals surface area contributed by atoms with Gasteiger partial charge in [0.1, 0.15) is 0 Å². The Balaban J connectivity index is 1.61. The van der Waals surface area contributed by atoms with E-state index >= 15 is 0 Å². The maximum absolute atomic E-state index is 12.9. The average molecular weight is 431 g/mol. The molecule has 2 unspecified atom stereocenters. The number of carbonyl (C=O) groups is 2. The molecule has 1 aliphatic carbocycles. The minimum absolute atomic E-state index is 0.00385. The fraction of sp³-hybridized carbons (Fsp3) is 0.680. The van der Waals surface area contributed by atoms with Crippen molar-refractivity contribution in [2.45, 2.75) is 78.4 Å². The van der Waals surface area contributed by atoms with Gasteiger partial charge in [-0.3, -0.25) is 9.59 Å². The Bertz CT molecular complexity index is 780. The van der Waals surface area contributed by atoms with Crippen LogP contribution in [0.4, 0.5) is 0 Å². The zero-order valence-electron chi connectivity index (χ0n) is 19.7. The van der Waals surface area contributed by atoms with Gasteiger partial charge in [-0.15, -0.1) is 0 Å². The molecule has 0 spiro atoms. The summed E-state index contributed by atoms with van der Waals surface area (Å²) in [6, 6.07) is 5.73. The van der Waals surface area contributed by atoms with Crippen LogP contribution in [-0.4, -0.2) is 43.0 Å². The maximum Gasteiger partial charge on any atom is 0.227 e. The normalized spacial score (nSPS) is 20.9. The number of benzene rings is 1. The summed E-state index contributed by atoms with van der Waals surface area (Å²) in [6.45, 7) is 8.98. The van der Waals surface area contributed by atoms with Crippen molar-refractivity contribution in [3.8, 4) is 11.5 Å². The number of piperidine rings is 1. The highest BCUT2D eigenvalue weighted by Gasteiger charge is 2.33. The van der Waals surface area contributed by atoms with Crippen LogP contribution in [0.25, 0.3) is 0 Å². The van der Waals surface area contributed by atoms with E-state index in [4.69, 9.17) is 9.47 Å². The van der Waals surface area contributed by atoms with E-state index in [9.17, 15) is 9.59 Å². The summed E-state index contributed by atoms with van der Waals surface area (Å²) in [4.78, 5) is 27.4. The van der Waals surface area contributed by atoms with Gasteiger partial charge in [-0.25, -0.2) is 0 Å². The van der Waals surface area contributed by atoms with Gasteiger partial charge >= 0.3 is 0 Å². The fourth-order valence-electron chi connectivity index (χ4n) is 4.50. The molecule has 172 valence electrons. The highest BCUT2D eigenvalue weighted by Crippen LogP contribution is 2.34. The Morgan fingerprint density at radius 2 is 1.81 bits per heavy atom. The van der Waals surface area contributed by atoms with Gasteiger partial charge in [0.15, 0.2) is 11.5 Å². The van der Waals surface area contributed by atoms with E-state index in [1.54, 1.807) is 7.11 Å². The summed E-state index contributed by atoms with van der Waals surface area (Å²) < 4.78 is 11.7. The summed E-state index contributed by atoms with van der Waals surface area (Å²) in [7, 11) is 1.65. The first-order valence-corrected chi connectivity index (χ1v) is 11.6. The van der Waals surface area contributed by atoms with Crippen molar-refractivity contribution in [1.29, 1.82) is 0 Å². The number of nitrogens with one attached hydrogen (secondary N) is 1. The van der Waals surface area contributed by atoms with Crippen molar-refractivity contribution in [3.05, 3.63) is 23.8 Å². The predicted molar refractivity (Wildman–Crippen MR) is 121 cm³/mol. The van der Waals surface area contributed by atoms with Crippen molar-refractivity contribution >= 4 is 11.8 Å². The molecule has 2 amide bonds. The third kappa shape index (κ3) is 5.92. The Morgan fingerprint density at radius 3 is 2.45 bits per heavy atom. The predicted octanol–water partition coefficient (Wildman–Crippen LogP) is 4.48. The lowest BCUT2D eigenvalue weighted by molar-refractivity contribution is -0.142. The molecule has 2 atom stereocenters. The van der Waals surface area contributed by atoms with E-state index < -0.39 is 5.41 Å². The molecular weight excluding hydrogens is 392 g/mol.